The van der Waals surface area contributed by atoms with Crippen molar-refractivity contribution in [3.63, 3.8) is 0 Å². The fraction of sp³-hybridized carbons (Fsp3) is 0.583. The minimum atomic E-state index is 0.290. The Morgan fingerprint density at radius 2 is 1.34 bits per heavy atom. The van der Waals surface area contributed by atoms with E-state index in [-0.39, 0.29) is 5.37 Å². The largest absolute Gasteiger partial charge is 0.367 e. The van der Waals surface area contributed by atoms with Crippen molar-refractivity contribution in [2.75, 3.05) is 5.32 Å². The summed E-state index contributed by atoms with van der Waals surface area (Å²) in [5.74, 6) is 3.26. The number of rotatable bonds is 16. The Labute approximate surface area is 309 Å². The van der Waals surface area contributed by atoms with Crippen LogP contribution >= 0.6 is 91.0 Å². The summed E-state index contributed by atoms with van der Waals surface area (Å²) in [6.45, 7) is 14.2. The molecule has 1 aromatic carbocycles. The molecule has 3 unspecified atom stereocenters. The Morgan fingerprint density at radius 1 is 0.727 bits per heavy atom. The lowest BCUT2D eigenvalue weighted by Crippen LogP contribution is -2.00. The average Bonchev–Trinajstić information content (AvgIpc) is 3.78. The smallest absolute Gasteiger partial charge is 0.134 e. The fourth-order valence-corrected chi connectivity index (χ4v) is 12.8. The van der Waals surface area contributed by atoms with Gasteiger partial charge in [-0.2, -0.15) is 0 Å². The van der Waals surface area contributed by atoms with Gasteiger partial charge in [0.1, 0.15) is 10.4 Å². The van der Waals surface area contributed by atoms with Crippen LogP contribution in [0.5, 0.6) is 0 Å². The van der Waals surface area contributed by atoms with E-state index in [9.17, 15) is 0 Å². The fourth-order valence-electron chi connectivity index (χ4n) is 5.91. The maximum absolute atomic E-state index is 5.24. The Bertz CT molecular complexity index is 1470. The number of benzene rings is 1. The lowest BCUT2D eigenvalue weighted by atomic mass is 9.96. The van der Waals surface area contributed by atoms with Crippen molar-refractivity contribution < 1.29 is 0 Å². The quantitative estimate of drug-likeness (QED) is 0.113. The number of hydrogen-bond acceptors (Lipinski definition) is 6. The molecule has 0 saturated heterocycles. The molecule has 5 rings (SSSR count). The Morgan fingerprint density at radius 3 is 1.98 bits per heavy atom. The van der Waals surface area contributed by atoms with Crippen molar-refractivity contribution in [1.82, 2.24) is 4.98 Å². The van der Waals surface area contributed by atoms with Crippen LogP contribution in [0, 0.1) is 30.8 Å². The first kappa shape index (κ1) is 35.4. The Hall–Kier alpha value is 0.120. The van der Waals surface area contributed by atoms with Crippen molar-refractivity contribution >= 4 is 107 Å². The molecular weight excluding hydrogens is 842 g/mol. The Balaban J connectivity index is 1.21. The zero-order valence-corrected chi connectivity index (χ0v) is 34.7. The minimum Gasteiger partial charge on any atom is -0.367 e. The molecule has 2 nitrogen and oxygen atoms in total. The highest BCUT2D eigenvalue weighted by Crippen LogP contribution is 2.55. The standard InChI is InChI=1S/C36H48I2N2S4/c1-21(2)9-7-11-23(5)13-15-25-17-19-27(41-25)35-39-31-29(37)34-32(30(38)33(31)43-35)40-36(44-34)28-20-18-26(42-28)16-14-24(6)12-8-10-22(3)4/h17-24,35,39H,7-16H2,1-6H3. The Kier molecular flexibility index (Phi) is 13.3. The van der Waals surface area contributed by atoms with Crippen LogP contribution in [0.15, 0.2) is 29.2 Å². The van der Waals surface area contributed by atoms with Crippen LogP contribution in [0.2, 0.25) is 0 Å². The number of fused-ring (bicyclic) bond motifs is 2. The molecule has 0 fully saturated rings. The zero-order chi connectivity index (χ0) is 31.4. The molecule has 3 aromatic heterocycles. The van der Waals surface area contributed by atoms with E-state index < -0.39 is 0 Å². The van der Waals surface area contributed by atoms with Crippen molar-refractivity contribution in [2.45, 2.75) is 116 Å². The first-order valence-corrected chi connectivity index (χ1v) is 22.0. The maximum atomic E-state index is 5.24. The molecule has 0 spiro atoms. The van der Waals surface area contributed by atoms with Crippen LogP contribution in [-0.4, -0.2) is 4.98 Å². The van der Waals surface area contributed by atoms with Crippen molar-refractivity contribution in [2.24, 2.45) is 23.7 Å². The van der Waals surface area contributed by atoms with Crippen LogP contribution in [-0.2, 0) is 12.8 Å². The number of aryl methyl sites for hydroxylation is 2. The van der Waals surface area contributed by atoms with E-state index in [4.69, 9.17) is 4.98 Å². The molecule has 0 saturated carbocycles. The molecule has 8 heteroatoms. The molecule has 1 N–H and O–H groups in total. The van der Waals surface area contributed by atoms with Crippen molar-refractivity contribution in [3.8, 4) is 9.88 Å². The first-order chi connectivity index (χ1) is 21.1. The molecule has 3 atom stereocenters. The molecule has 4 heterocycles. The highest BCUT2D eigenvalue weighted by Gasteiger charge is 2.31. The van der Waals surface area contributed by atoms with Gasteiger partial charge in [0.15, 0.2) is 0 Å². The highest BCUT2D eigenvalue weighted by atomic mass is 127. The number of halogens is 2. The summed E-state index contributed by atoms with van der Waals surface area (Å²) >= 11 is 12.9. The third-order valence-electron chi connectivity index (χ3n) is 8.73. The second-order valence-electron chi connectivity index (χ2n) is 13.7. The van der Waals surface area contributed by atoms with Gasteiger partial charge in [-0.15, -0.1) is 34.0 Å². The van der Waals surface area contributed by atoms with Crippen LogP contribution in [0.1, 0.15) is 113 Å². The molecule has 240 valence electrons. The number of thiophene rings is 2. The maximum Gasteiger partial charge on any atom is 0.134 e. The molecule has 0 bridgehead atoms. The summed E-state index contributed by atoms with van der Waals surface area (Å²) in [7, 11) is 0. The second-order valence-corrected chi connectivity index (χ2v) is 20.3. The number of thioether (sulfide) groups is 1. The summed E-state index contributed by atoms with van der Waals surface area (Å²) in [6.07, 6.45) is 13.1. The predicted molar refractivity (Wildman–Crippen MR) is 217 cm³/mol. The molecule has 1 aliphatic heterocycles. The van der Waals surface area contributed by atoms with Crippen LogP contribution < -0.4 is 5.32 Å². The first-order valence-electron chi connectivity index (χ1n) is 16.5. The summed E-state index contributed by atoms with van der Waals surface area (Å²) in [4.78, 5) is 12.4. The van der Waals surface area contributed by atoms with Gasteiger partial charge < -0.3 is 5.32 Å². The van der Waals surface area contributed by atoms with Gasteiger partial charge in [-0.3, -0.25) is 0 Å². The van der Waals surface area contributed by atoms with Gasteiger partial charge in [-0.05, 0) is 119 Å². The van der Waals surface area contributed by atoms with Gasteiger partial charge in [-0.25, -0.2) is 4.98 Å². The third kappa shape index (κ3) is 9.17. The van der Waals surface area contributed by atoms with E-state index in [0.717, 1.165) is 23.7 Å². The van der Waals surface area contributed by atoms with E-state index in [2.05, 4.69) is 116 Å². The minimum absolute atomic E-state index is 0.290. The van der Waals surface area contributed by atoms with Crippen molar-refractivity contribution in [3.05, 3.63) is 46.0 Å². The van der Waals surface area contributed by atoms with Gasteiger partial charge in [0, 0.05) is 19.5 Å². The topological polar surface area (TPSA) is 24.9 Å². The van der Waals surface area contributed by atoms with E-state index >= 15 is 0 Å². The number of hydrogen-bond donors (Lipinski definition) is 1. The summed E-state index contributed by atoms with van der Waals surface area (Å²) in [6, 6.07) is 9.38. The van der Waals surface area contributed by atoms with Gasteiger partial charge in [0.25, 0.3) is 0 Å². The number of anilines is 1. The lowest BCUT2D eigenvalue weighted by Gasteiger charge is -2.11. The molecule has 4 aromatic rings. The van der Waals surface area contributed by atoms with Gasteiger partial charge in [-0.1, -0.05) is 91.8 Å². The molecule has 1 aliphatic rings. The van der Waals surface area contributed by atoms with Gasteiger partial charge in [0.05, 0.1) is 27.9 Å². The lowest BCUT2D eigenvalue weighted by molar-refractivity contribution is 0.437. The molecule has 0 amide bonds. The highest BCUT2D eigenvalue weighted by molar-refractivity contribution is 14.1. The van der Waals surface area contributed by atoms with Gasteiger partial charge >= 0.3 is 0 Å². The van der Waals surface area contributed by atoms with Crippen LogP contribution in [0.3, 0.4) is 0 Å². The third-order valence-corrected chi connectivity index (χ3v) is 16.6. The van der Waals surface area contributed by atoms with E-state index in [1.54, 1.807) is 0 Å². The predicted octanol–water partition coefficient (Wildman–Crippen LogP) is 14.3. The van der Waals surface area contributed by atoms with E-state index in [0.29, 0.717) is 0 Å². The normalized spacial score (nSPS) is 16.3. The van der Waals surface area contributed by atoms with E-state index in [1.165, 1.54) is 117 Å². The van der Waals surface area contributed by atoms with E-state index in [1.807, 2.05) is 45.8 Å². The van der Waals surface area contributed by atoms with Crippen molar-refractivity contribution in [1.29, 1.82) is 0 Å². The second kappa shape index (κ2) is 16.5. The van der Waals surface area contributed by atoms with Crippen LogP contribution in [0.4, 0.5) is 5.69 Å². The molecule has 0 radical (unpaired) electrons. The monoisotopic (exact) mass is 890 g/mol. The summed E-state index contributed by atoms with van der Waals surface area (Å²) in [5, 5.41) is 5.37. The SMILES string of the molecule is CC(C)CCCC(C)CCc1ccc(-c2nc3c(I)c4c(c(I)c3s2)NC(c2ccc(CCC(C)CCCC(C)C)s2)S4)s1. The molecular formula is C36H48I2N2S4. The number of aromatic nitrogens is 1. The molecule has 0 aliphatic carbocycles. The van der Waals surface area contributed by atoms with Crippen LogP contribution in [0.25, 0.3) is 20.1 Å². The number of nitrogens with one attached hydrogen (secondary N) is 1. The average molecular weight is 891 g/mol. The number of thiazole rings is 1. The zero-order valence-electron chi connectivity index (χ0n) is 27.1. The van der Waals surface area contributed by atoms with Gasteiger partial charge in [0.2, 0.25) is 0 Å². The summed E-state index contributed by atoms with van der Waals surface area (Å²) in [5.41, 5.74) is 2.48. The molecule has 44 heavy (non-hydrogen) atoms. The summed E-state index contributed by atoms with van der Waals surface area (Å²) < 4.78 is 3.95. The number of nitrogens with zero attached hydrogens (tertiary/aromatic N) is 1.